The molecule has 1 aromatic rings. The van der Waals surface area contributed by atoms with Crippen molar-refractivity contribution in [2.75, 3.05) is 51.5 Å². The molecule has 0 radical (unpaired) electrons. The molecule has 0 saturated heterocycles. The van der Waals surface area contributed by atoms with Crippen LogP contribution in [0.15, 0.2) is 29.3 Å². The molecule has 0 atom stereocenters. The number of ether oxygens (including phenoxy) is 2. The number of guanidine groups is 1. The first-order valence-corrected chi connectivity index (χ1v) is 7.57. The molecule has 1 aliphatic heterocycles. The van der Waals surface area contributed by atoms with E-state index in [9.17, 15) is 0 Å². The van der Waals surface area contributed by atoms with Gasteiger partial charge in [0.1, 0.15) is 0 Å². The quantitative estimate of drug-likeness (QED) is 0.319. The van der Waals surface area contributed by atoms with Crippen molar-refractivity contribution in [3.63, 3.8) is 0 Å². The summed E-state index contributed by atoms with van der Waals surface area (Å²) in [6.45, 7) is 6.46. The van der Waals surface area contributed by atoms with Crippen molar-refractivity contribution in [1.82, 2.24) is 5.32 Å². The first-order valence-electron chi connectivity index (χ1n) is 7.57. The summed E-state index contributed by atoms with van der Waals surface area (Å²) in [5.74, 6) is 0.942. The van der Waals surface area contributed by atoms with Gasteiger partial charge in [-0.3, -0.25) is 4.99 Å². The molecule has 0 saturated carbocycles. The molecule has 0 amide bonds. The van der Waals surface area contributed by atoms with E-state index in [0.29, 0.717) is 26.4 Å². The van der Waals surface area contributed by atoms with Gasteiger partial charge in [0, 0.05) is 25.9 Å². The van der Waals surface area contributed by atoms with Gasteiger partial charge in [0.05, 0.1) is 26.4 Å². The summed E-state index contributed by atoms with van der Waals surface area (Å²) >= 11 is 0. The highest BCUT2D eigenvalue weighted by Crippen LogP contribution is 2.27. The van der Waals surface area contributed by atoms with Gasteiger partial charge in [-0.1, -0.05) is 18.2 Å². The number of benzene rings is 1. The second-order valence-electron chi connectivity index (χ2n) is 4.87. The number of aliphatic imine (C=N–C) groups is 1. The van der Waals surface area contributed by atoms with Crippen molar-refractivity contribution in [2.45, 2.75) is 13.3 Å². The summed E-state index contributed by atoms with van der Waals surface area (Å²) in [5, 5.41) is 3.36. The SMILES string of the molecule is CCNC(=NCCOCCOC)N1CCc2ccccc21.I. The van der Waals surface area contributed by atoms with Gasteiger partial charge in [-0.05, 0) is 25.0 Å². The third-order valence-corrected chi connectivity index (χ3v) is 3.41. The first-order chi connectivity index (χ1) is 10.4. The normalized spacial score (nSPS) is 13.7. The number of methoxy groups -OCH3 is 1. The van der Waals surface area contributed by atoms with Crippen molar-refractivity contribution in [3.05, 3.63) is 29.8 Å². The van der Waals surface area contributed by atoms with Crippen molar-refractivity contribution < 1.29 is 9.47 Å². The lowest BCUT2D eigenvalue weighted by Crippen LogP contribution is -2.40. The summed E-state index contributed by atoms with van der Waals surface area (Å²) in [4.78, 5) is 6.92. The topological polar surface area (TPSA) is 46.1 Å². The molecule has 1 N–H and O–H groups in total. The predicted molar refractivity (Wildman–Crippen MR) is 102 cm³/mol. The zero-order valence-electron chi connectivity index (χ0n) is 13.4. The zero-order chi connectivity index (χ0) is 14.9. The molecule has 0 fully saturated rings. The smallest absolute Gasteiger partial charge is 0.198 e. The zero-order valence-corrected chi connectivity index (χ0v) is 15.7. The highest BCUT2D eigenvalue weighted by Gasteiger charge is 2.22. The number of para-hydroxylation sites is 1. The van der Waals surface area contributed by atoms with Crippen molar-refractivity contribution in [1.29, 1.82) is 0 Å². The van der Waals surface area contributed by atoms with E-state index in [1.165, 1.54) is 11.3 Å². The van der Waals surface area contributed by atoms with Gasteiger partial charge >= 0.3 is 0 Å². The molecule has 1 aliphatic rings. The van der Waals surface area contributed by atoms with Crippen LogP contribution in [0.2, 0.25) is 0 Å². The highest BCUT2D eigenvalue weighted by molar-refractivity contribution is 14.0. The number of rotatable bonds is 7. The minimum Gasteiger partial charge on any atom is -0.382 e. The van der Waals surface area contributed by atoms with Crippen LogP contribution in [0.25, 0.3) is 0 Å². The highest BCUT2D eigenvalue weighted by atomic mass is 127. The van der Waals surface area contributed by atoms with Gasteiger partial charge in [0.2, 0.25) is 0 Å². The Morgan fingerprint density at radius 3 is 2.86 bits per heavy atom. The van der Waals surface area contributed by atoms with Crippen LogP contribution < -0.4 is 10.2 Å². The minimum atomic E-state index is 0. The van der Waals surface area contributed by atoms with E-state index in [2.05, 4.69) is 46.4 Å². The lowest BCUT2D eigenvalue weighted by Gasteiger charge is -2.22. The molecule has 6 heteroatoms. The lowest BCUT2D eigenvalue weighted by molar-refractivity contribution is 0.0748. The van der Waals surface area contributed by atoms with Gasteiger partial charge < -0.3 is 19.7 Å². The Morgan fingerprint density at radius 2 is 2.09 bits per heavy atom. The third-order valence-electron chi connectivity index (χ3n) is 3.41. The van der Waals surface area contributed by atoms with Gasteiger partial charge in [0.15, 0.2) is 5.96 Å². The molecule has 0 spiro atoms. The van der Waals surface area contributed by atoms with Crippen LogP contribution in [0, 0.1) is 0 Å². The molecular formula is C16H26IN3O2. The predicted octanol–water partition coefficient (Wildman–Crippen LogP) is 2.30. The number of nitrogens with one attached hydrogen (secondary N) is 1. The fraction of sp³-hybridized carbons (Fsp3) is 0.562. The van der Waals surface area contributed by atoms with Gasteiger partial charge in [-0.25, -0.2) is 0 Å². The molecule has 124 valence electrons. The molecule has 0 unspecified atom stereocenters. The van der Waals surface area contributed by atoms with Crippen LogP contribution in [-0.2, 0) is 15.9 Å². The summed E-state index contributed by atoms with van der Waals surface area (Å²) in [5.41, 5.74) is 2.65. The van der Waals surface area contributed by atoms with Crippen LogP contribution in [-0.4, -0.2) is 52.5 Å². The number of fused-ring (bicyclic) bond motifs is 1. The molecule has 5 nitrogen and oxygen atoms in total. The van der Waals surface area contributed by atoms with E-state index in [1.54, 1.807) is 7.11 Å². The second-order valence-corrected chi connectivity index (χ2v) is 4.87. The van der Waals surface area contributed by atoms with Crippen molar-refractivity contribution >= 4 is 35.6 Å². The second kappa shape index (κ2) is 10.8. The van der Waals surface area contributed by atoms with Gasteiger partial charge in [0.25, 0.3) is 0 Å². The summed E-state index contributed by atoms with van der Waals surface area (Å²) < 4.78 is 10.4. The fourth-order valence-electron chi connectivity index (χ4n) is 2.41. The van der Waals surface area contributed by atoms with Crippen LogP contribution in [0.1, 0.15) is 12.5 Å². The molecule has 1 aromatic carbocycles. The molecule has 22 heavy (non-hydrogen) atoms. The van der Waals surface area contributed by atoms with E-state index in [1.807, 2.05) is 0 Å². The molecule has 0 bridgehead atoms. The average Bonchev–Trinajstić information content (AvgIpc) is 2.93. The lowest BCUT2D eigenvalue weighted by atomic mass is 10.2. The standard InChI is InChI=1S/C16H25N3O2.HI/c1-3-17-16(18-9-11-21-13-12-20-2)19-10-8-14-6-4-5-7-15(14)19;/h4-7H,3,8-13H2,1-2H3,(H,17,18);1H. The van der Waals surface area contributed by atoms with E-state index in [0.717, 1.165) is 25.5 Å². The monoisotopic (exact) mass is 419 g/mol. The summed E-state index contributed by atoms with van der Waals surface area (Å²) in [6, 6.07) is 8.52. The van der Waals surface area contributed by atoms with E-state index in [4.69, 9.17) is 9.47 Å². The Hall–Kier alpha value is -0.860. The van der Waals surface area contributed by atoms with E-state index >= 15 is 0 Å². The van der Waals surface area contributed by atoms with Crippen molar-refractivity contribution in [3.8, 4) is 0 Å². The molecule has 1 heterocycles. The maximum absolute atomic E-state index is 5.46. The third kappa shape index (κ3) is 5.40. The van der Waals surface area contributed by atoms with Crippen LogP contribution in [0.3, 0.4) is 0 Å². The Bertz CT molecular complexity index is 468. The maximum Gasteiger partial charge on any atom is 0.198 e. The first kappa shape index (κ1) is 19.2. The molecule has 0 aromatic heterocycles. The molecule has 2 rings (SSSR count). The number of nitrogens with zero attached hydrogens (tertiary/aromatic N) is 2. The van der Waals surface area contributed by atoms with Gasteiger partial charge in [-0.15, -0.1) is 24.0 Å². The fourth-order valence-corrected chi connectivity index (χ4v) is 2.41. The summed E-state index contributed by atoms with van der Waals surface area (Å²) in [7, 11) is 1.68. The number of hydrogen-bond acceptors (Lipinski definition) is 3. The van der Waals surface area contributed by atoms with Crippen LogP contribution in [0.5, 0.6) is 0 Å². The molecular weight excluding hydrogens is 393 g/mol. The number of halogens is 1. The molecule has 0 aliphatic carbocycles. The minimum absolute atomic E-state index is 0. The van der Waals surface area contributed by atoms with Crippen LogP contribution >= 0.6 is 24.0 Å². The Balaban J connectivity index is 0.00000242. The maximum atomic E-state index is 5.46. The number of hydrogen-bond donors (Lipinski definition) is 1. The van der Waals surface area contributed by atoms with E-state index < -0.39 is 0 Å². The Kier molecular flexibility index (Phi) is 9.42. The van der Waals surface area contributed by atoms with E-state index in [-0.39, 0.29) is 24.0 Å². The number of anilines is 1. The van der Waals surface area contributed by atoms with Gasteiger partial charge in [-0.2, -0.15) is 0 Å². The Labute approximate surface area is 150 Å². The van der Waals surface area contributed by atoms with Crippen molar-refractivity contribution in [2.24, 2.45) is 4.99 Å². The average molecular weight is 419 g/mol. The largest absolute Gasteiger partial charge is 0.382 e. The Morgan fingerprint density at radius 1 is 1.27 bits per heavy atom. The summed E-state index contributed by atoms with van der Waals surface area (Å²) in [6.07, 6.45) is 1.07. The van der Waals surface area contributed by atoms with Crippen LogP contribution in [0.4, 0.5) is 5.69 Å².